The third-order valence-electron chi connectivity index (χ3n) is 4.83. The van der Waals surface area contributed by atoms with Gasteiger partial charge >= 0.3 is 0 Å². The summed E-state index contributed by atoms with van der Waals surface area (Å²) >= 11 is 0. The largest absolute Gasteiger partial charge is 0.368 e. The van der Waals surface area contributed by atoms with Gasteiger partial charge in [-0.05, 0) is 39.1 Å². The maximum atomic E-state index is 12.6. The number of nitrogens with zero attached hydrogens (tertiary/aromatic N) is 3. The molecule has 1 atom stereocenters. The van der Waals surface area contributed by atoms with Crippen molar-refractivity contribution in [3.8, 4) is 6.07 Å². The van der Waals surface area contributed by atoms with Gasteiger partial charge in [0.05, 0.1) is 31.3 Å². The molecule has 2 aliphatic heterocycles. The van der Waals surface area contributed by atoms with E-state index in [1.807, 2.05) is 31.9 Å². The summed E-state index contributed by atoms with van der Waals surface area (Å²) in [4.78, 5) is 28.5. The lowest BCUT2D eigenvalue weighted by Gasteiger charge is -2.54. The SMILES string of the molecule is CC(C)NC(=O)[C@H]1COC2(CN(C(=O)c3cccc(C#N)c3)C2)CN1C. The Kier molecular flexibility index (Phi) is 4.99. The highest BCUT2D eigenvalue weighted by molar-refractivity contribution is 5.95. The summed E-state index contributed by atoms with van der Waals surface area (Å²) in [5.74, 6) is -0.128. The molecule has 0 radical (unpaired) electrons. The Hall–Kier alpha value is -2.43. The van der Waals surface area contributed by atoms with E-state index in [0.29, 0.717) is 37.4 Å². The van der Waals surface area contributed by atoms with E-state index in [1.165, 1.54) is 0 Å². The predicted molar refractivity (Wildman–Crippen MR) is 95.4 cm³/mol. The number of likely N-dealkylation sites (N-methyl/N-ethyl adjacent to an activating group) is 1. The normalized spacial score (nSPS) is 22.0. The summed E-state index contributed by atoms with van der Waals surface area (Å²) in [6, 6.07) is 8.54. The highest BCUT2D eigenvalue weighted by Crippen LogP contribution is 2.31. The zero-order valence-corrected chi connectivity index (χ0v) is 15.4. The van der Waals surface area contributed by atoms with Gasteiger partial charge in [0.15, 0.2) is 0 Å². The van der Waals surface area contributed by atoms with E-state index in [9.17, 15) is 9.59 Å². The van der Waals surface area contributed by atoms with Crippen LogP contribution in [0.5, 0.6) is 0 Å². The first kappa shape index (κ1) is 18.4. The van der Waals surface area contributed by atoms with E-state index in [-0.39, 0.29) is 23.9 Å². The number of benzene rings is 1. The van der Waals surface area contributed by atoms with Crippen molar-refractivity contribution in [1.29, 1.82) is 5.26 Å². The Labute approximate surface area is 153 Å². The summed E-state index contributed by atoms with van der Waals surface area (Å²) < 4.78 is 6.00. The van der Waals surface area contributed by atoms with Gasteiger partial charge in [-0.2, -0.15) is 5.26 Å². The molecule has 1 aromatic rings. The molecule has 2 fully saturated rings. The molecule has 2 saturated heterocycles. The van der Waals surface area contributed by atoms with E-state index in [4.69, 9.17) is 10.00 Å². The first-order valence-corrected chi connectivity index (χ1v) is 8.77. The van der Waals surface area contributed by atoms with Crippen LogP contribution in [0.1, 0.15) is 29.8 Å². The van der Waals surface area contributed by atoms with Crippen LogP contribution >= 0.6 is 0 Å². The number of hydrogen-bond donors (Lipinski definition) is 1. The Balaban J connectivity index is 1.58. The number of hydrogen-bond acceptors (Lipinski definition) is 5. The zero-order valence-electron chi connectivity index (χ0n) is 15.4. The molecule has 0 bridgehead atoms. The fraction of sp³-hybridized carbons (Fsp3) is 0.526. The van der Waals surface area contributed by atoms with E-state index in [1.54, 1.807) is 29.2 Å². The average Bonchev–Trinajstić information content (AvgIpc) is 2.58. The van der Waals surface area contributed by atoms with Crippen molar-refractivity contribution in [2.24, 2.45) is 0 Å². The van der Waals surface area contributed by atoms with Crippen molar-refractivity contribution in [1.82, 2.24) is 15.1 Å². The van der Waals surface area contributed by atoms with Gasteiger partial charge in [-0.3, -0.25) is 14.5 Å². The number of ether oxygens (including phenoxy) is 1. The Morgan fingerprint density at radius 3 is 2.69 bits per heavy atom. The second-order valence-electron chi connectivity index (χ2n) is 7.44. The van der Waals surface area contributed by atoms with Crippen LogP contribution < -0.4 is 5.32 Å². The summed E-state index contributed by atoms with van der Waals surface area (Å²) in [5, 5.41) is 11.9. The molecule has 26 heavy (non-hydrogen) atoms. The molecule has 7 nitrogen and oxygen atoms in total. The van der Waals surface area contributed by atoms with Crippen molar-refractivity contribution in [2.45, 2.75) is 31.5 Å². The van der Waals surface area contributed by atoms with Gasteiger partial charge in [0, 0.05) is 18.2 Å². The lowest BCUT2D eigenvalue weighted by atomic mass is 9.89. The fourth-order valence-electron chi connectivity index (χ4n) is 3.54. The third-order valence-corrected chi connectivity index (χ3v) is 4.83. The molecular weight excluding hydrogens is 332 g/mol. The Bertz CT molecular complexity index is 749. The van der Waals surface area contributed by atoms with Gasteiger partial charge in [0.1, 0.15) is 11.6 Å². The van der Waals surface area contributed by atoms with Crippen LogP contribution in [-0.4, -0.2) is 72.6 Å². The minimum Gasteiger partial charge on any atom is -0.368 e. The van der Waals surface area contributed by atoms with E-state index < -0.39 is 5.60 Å². The van der Waals surface area contributed by atoms with E-state index in [0.717, 1.165) is 0 Å². The van der Waals surface area contributed by atoms with Crippen LogP contribution in [0.4, 0.5) is 0 Å². The van der Waals surface area contributed by atoms with Crippen LogP contribution in [0.25, 0.3) is 0 Å². The first-order valence-electron chi connectivity index (χ1n) is 8.77. The van der Waals surface area contributed by atoms with Crippen molar-refractivity contribution in [2.75, 3.05) is 33.3 Å². The summed E-state index contributed by atoms with van der Waals surface area (Å²) in [5.41, 5.74) is 0.572. The summed E-state index contributed by atoms with van der Waals surface area (Å²) in [6.45, 7) is 5.77. The monoisotopic (exact) mass is 356 g/mol. The van der Waals surface area contributed by atoms with Crippen LogP contribution in [-0.2, 0) is 9.53 Å². The summed E-state index contributed by atoms with van der Waals surface area (Å²) in [7, 11) is 1.91. The molecule has 7 heteroatoms. The molecular formula is C19H24N4O3. The minimum atomic E-state index is -0.411. The van der Waals surface area contributed by atoms with Crippen molar-refractivity contribution in [3.05, 3.63) is 35.4 Å². The molecule has 138 valence electrons. The molecule has 1 aromatic carbocycles. The number of amides is 2. The average molecular weight is 356 g/mol. The fourth-order valence-corrected chi connectivity index (χ4v) is 3.54. The molecule has 0 unspecified atom stereocenters. The topological polar surface area (TPSA) is 85.7 Å². The predicted octanol–water partition coefficient (Wildman–Crippen LogP) is 0.608. The molecule has 2 heterocycles. The van der Waals surface area contributed by atoms with E-state index >= 15 is 0 Å². The standard InChI is InChI=1S/C19H24N4O3/c1-13(2)21-17(24)16-9-26-19(10-22(16)3)11-23(12-19)18(25)15-6-4-5-14(7-15)8-20/h4-7,13,16H,9-12H2,1-3H3,(H,21,24)/t16-/m1/s1. The number of morpholine rings is 1. The van der Waals surface area contributed by atoms with Crippen LogP contribution in [0.2, 0.25) is 0 Å². The van der Waals surface area contributed by atoms with Gasteiger partial charge in [-0.15, -0.1) is 0 Å². The maximum absolute atomic E-state index is 12.6. The lowest BCUT2D eigenvalue weighted by Crippen LogP contribution is -2.73. The molecule has 2 aliphatic rings. The highest BCUT2D eigenvalue weighted by Gasteiger charge is 2.51. The number of likely N-dealkylation sites (tertiary alicyclic amines) is 1. The molecule has 0 aliphatic carbocycles. The number of rotatable bonds is 3. The smallest absolute Gasteiger partial charge is 0.254 e. The molecule has 1 spiro atoms. The summed E-state index contributed by atoms with van der Waals surface area (Å²) in [6.07, 6.45) is 0. The maximum Gasteiger partial charge on any atom is 0.254 e. The highest BCUT2D eigenvalue weighted by atomic mass is 16.5. The Morgan fingerprint density at radius 1 is 1.35 bits per heavy atom. The van der Waals surface area contributed by atoms with Gasteiger partial charge in [-0.25, -0.2) is 0 Å². The second-order valence-corrected chi connectivity index (χ2v) is 7.44. The second kappa shape index (κ2) is 7.06. The molecule has 1 N–H and O–H groups in total. The Morgan fingerprint density at radius 2 is 2.08 bits per heavy atom. The van der Waals surface area contributed by atoms with Gasteiger partial charge in [-0.1, -0.05) is 6.07 Å². The number of nitriles is 1. The molecule has 3 rings (SSSR count). The van der Waals surface area contributed by atoms with Crippen LogP contribution in [0, 0.1) is 11.3 Å². The van der Waals surface area contributed by atoms with Gasteiger partial charge in [0.2, 0.25) is 5.91 Å². The molecule has 0 aromatic heterocycles. The number of nitrogens with one attached hydrogen (secondary N) is 1. The lowest BCUT2D eigenvalue weighted by molar-refractivity contribution is -0.187. The van der Waals surface area contributed by atoms with Crippen LogP contribution in [0.3, 0.4) is 0 Å². The number of carbonyl (C=O) groups is 2. The zero-order chi connectivity index (χ0) is 18.9. The van der Waals surface area contributed by atoms with Gasteiger partial charge < -0.3 is 15.0 Å². The van der Waals surface area contributed by atoms with Crippen molar-refractivity contribution < 1.29 is 14.3 Å². The third kappa shape index (κ3) is 3.57. The molecule has 0 saturated carbocycles. The minimum absolute atomic E-state index is 0.0297. The van der Waals surface area contributed by atoms with Crippen molar-refractivity contribution in [3.63, 3.8) is 0 Å². The van der Waals surface area contributed by atoms with E-state index in [2.05, 4.69) is 5.32 Å². The van der Waals surface area contributed by atoms with Gasteiger partial charge in [0.25, 0.3) is 5.91 Å². The van der Waals surface area contributed by atoms with Crippen LogP contribution in [0.15, 0.2) is 24.3 Å². The first-order chi connectivity index (χ1) is 12.3. The molecule has 2 amide bonds. The van der Waals surface area contributed by atoms with Crippen molar-refractivity contribution >= 4 is 11.8 Å². The number of carbonyl (C=O) groups excluding carboxylic acids is 2. The quantitative estimate of drug-likeness (QED) is 0.858.